The number of carbonyl (C=O) groups is 1. The zero-order valence-corrected chi connectivity index (χ0v) is 10.1. The molecule has 0 spiro atoms. The molecule has 0 atom stereocenters. The van der Waals surface area contributed by atoms with Gasteiger partial charge in [0, 0.05) is 10.9 Å². The first-order valence-electron chi connectivity index (χ1n) is 4.76. The van der Waals surface area contributed by atoms with E-state index in [9.17, 15) is 9.18 Å². The summed E-state index contributed by atoms with van der Waals surface area (Å²) in [5, 5.41) is 0. The van der Waals surface area contributed by atoms with Crippen molar-refractivity contribution in [2.45, 2.75) is 19.8 Å². The van der Waals surface area contributed by atoms with Crippen LogP contribution in [0.15, 0.2) is 34.8 Å². The third-order valence-electron chi connectivity index (χ3n) is 1.92. The normalized spacial score (nSPS) is 10.9. The Bertz CT molecular complexity index is 385. The van der Waals surface area contributed by atoms with Gasteiger partial charge in [-0.3, -0.25) is 4.79 Å². The van der Waals surface area contributed by atoms with Crippen molar-refractivity contribution in [3.8, 4) is 0 Å². The van der Waals surface area contributed by atoms with Gasteiger partial charge in [0.15, 0.2) is 5.78 Å². The van der Waals surface area contributed by atoms with E-state index in [0.29, 0.717) is 10.0 Å². The molecule has 1 aromatic carbocycles. The first-order chi connectivity index (χ1) is 7.13. The van der Waals surface area contributed by atoms with Gasteiger partial charge in [-0.25, -0.2) is 4.39 Å². The van der Waals surface area contributed by atoms with Crippen LogP contribution in [0.4, 0.5) is 4.39 Å². The first-order valence-corrected chi connectivity index (χ1v) is 5.56. The molecule has 1 rings (SSSR count). The molecule has 0 saturated carbocycles. The van der Waals surface area contributed by atoms with Crippen molar-refractivity contribution in [3.63, 3.8) is 0 Å². The van der Waals surface area contributed by atoms with Gasteiger partial charge in [-0.1, -0.05) is 35.0 Å². The van der Waals surface area contributed by atoms with Crippen molar-refractivity contribution < 1.29 is 9.18 Å². The maximum Gasteiger partial charge on any atom is 0.159 e. The van der Waals surface area contributed by atoms with Gasteiger partial charge in [-0.15, -0.1) is 0 Å². The molecule has 3 heteroatoms. The minimum absolute atomic E-state index is 0.0712. The Kier molecular flexibility index (Phi) is 4.69. The molecule has 0 saturated heterocycles. The maximum atomic E-state index is 13.3. The number of halogens is 2. The first kappa shape index (κ1) is 12.1. The van der Waals surface area contributed by atoms with E-state index in [-0.39, 0.29) is 18.0 Å². The number of hydrogen-bond donors (Lipinski definition) is 0. The smallest absolute Gasteiger partial charge is 0.159 e. The molecule has 0 aromatic heterocycles. The Morgan fingerprint density at radius 2 is 2.27 bits per heavy atom. The van der Waals surface area contributed by atoms with Crippen LogP contribution in [0.2, 0.25) is 0 Å². The molecule has 0 amide bonds. The number of allylic oxidation sites excluding steroid dienone is 2. The Morgan fingerprint density at radius 1 is 1.53 bits per heavy atom. The highest BCUT2D eigenvalue weighted by Crippen LogP contribution is 2.15. The van der Waals surface area contributed by atoms with Gasteiger partial charge in [0.05, 0.1) is 0 Å². The van der Waals surface area contributed by atoms with Crippen LogP contribution in [-0.4, -0.2) is 5.78 Å². The highest BCUT2D eigenvalue weighted by atomic mass is 79.9. The predicted octanol–water partition coefficient (Wildman–Crippen LogP) is 3.67. The summed E-state index contributed by atoms with van der Waals surface area (Å²) < 4.78 is 14.0. The van der Waals surface area contributed by atoms with Gasteiger partial charge in [-0.2, -0.15) is 0 Å². The fourth-order valence-electron chi connectivity index (χ4n) is 1.16. The molecule has 0 N–H and O–H groups in total. The average molecular weight is 271 g/mol. The molecule has 1 nitrogen and oxygen atoms in total. The van der Waals surface area contributed by atoms with Crippen LogP contribution in [0, 0.1) is 5.82 Å². The summed E-state index contributed by atoms with van der Waals surface area (Å²) in [5.74, 6) is -0.416. The Balaban J connectivity index is 2.72. The standard InChI is InChI=1S/C12H12BrFO/c1-2-3-4-11(15)7-9-5-6-10(13)8-12(9)14/h3-6,8H,2,7H2,1H3/b4-3+. The van der Waals surface area contributed by atoms with Gasteiger partial charge >= 0.3 is 0 Å². The number of ketones is 1. The lowest BCUT2D eigenvalue weighted by Crippen LogP contribution is -2.00. The van der Waals surface area contributed by atoms with E-state index in [1.165, 1.54) is 12.1 Å². The monoisotopic (exact) mass is 270 g/mol. The lowest BCUT2D eigenvalue weighted by atomic mass is 10.1. The number of hydrogen-bond acceptors (Lipinski definition) is 1. The van der Waals surface area contributed by atoms with E-state index < -0.39 is 0 Å². The van der Waals surface area contributed by atoms with Gasteiger partial charge in [0.2, 0.25) is 0 Å². The molecule has 80 valence electrons. The third kappa shape index (κ3) is 3.96. The fourth-order valence-corrected chi connectivity index (χ4v) is 1.49. The summed E-state index contributed by atoms with van der Waals surface area (Å²) in [6, 6.07) is 4.72. The second-order valence-electron chi connectivity index (χ2n) is 3.19. The van der Waals surface area contributed by atoms with Crippen LogP contribution in [0.3, 0.4) is 0 Å². The van der Waals surface area contributed by atoms with Crippen LogP contribution < -0.4 is 0 Å². The summed E-state index contributed by atoms with van der Waals surface area (Å²) in [7, 11) is 0. The van der Waals surface area contributed by atoms with E-state index in [2.05, 4.69) is 15.9 Å². The minimum atomic E-state index is -0.345. The van der Waals surface area contributed by atoms with Crippen molar-refractivity contribution in [1.29, 1.82) is 0 Å². The molecule has 0 fully saturated rings. The lowest BCUT2D eigenvalue weighted by molar-refractivity contribution is -0.114. The lowest BCUT2D eigenvalue weighted by Gasteiger charge is -2.00. The Hall–Kier alpha value is -0.960. The molecule has 0 aliphatic carbocycles. The largest absolute Gasteiger partial charge is 0.294 e. The highest BCUT2D eigenvalue weighted by molar-refractivity contribution is 9.10. The van der Waals surface area contributed by atoms with Crippen molar-refractivity contribution in [2.24, 2.45) is 0 Å². The molecular formula is C12H12BrFO. The topological polar surface area (TPSA) is 17.1 Å². The second-order valence-corrected chi connectivity index (χ2v) is 4.11. The minimum Gasteiger partial charge on any atom is -0.294 e. The van der Waals surface area contributed by atoms with Crippen LogP contribution in [0.25, 0.3) is 0 Å². The van der Waals surface area contributed by atoms with E-state index in [1.54, 1.807) is 18.2 Å². The Labute approximate surface area is 97.1 Å². The van der Waals surface area contributed by atoms with Crippen molar-refractivity contribution in [3.05, 3.63) is 46.2 Å². The zero-order chi connectivity index (χ0) is 11.3. The summed E-state index contributed by atoms with van der Waals surface area (Å²) in [4.78, 5) is 11.3. The van der Waals surface area contributed by atoms with E-state index >= 15 is 0 Å². The predicted molar refractivity (Wildman–Crippen MR) is 62.2 cm³/mol. The number of carbonyl (C=O) groups excluding carboxylic acids is 1. The molecule has 0 aliphatic rings. The van der Waals surface area contributed by atoms with Crippen LogP contribution in [-0.2, 0) is 11.2 Å². The molecule has 0 aliphatic heterocycles. The second kappa shape index (κ2) is 5.81. The van der Waals surface area contributed by atoms with Crippen LogP contribution >= 0.6 is 15.9 Å². The molecule has 0 radical (unpaired) electrons. The van der Waals surface area contributed by atoms with E-state index in [4.69, 9.17) is 0 Å². The van der Waals surface area contributed by atoms with E-state index in [0.717, 1.165) is 6.42 Å². The summed E-state index contributed by atoms with van der Waals surface area (Å²) in [6.07, 6.45) is 4.21. The van der Waals surface area contributed by atoms with Gasteiger partial charge in [0.25, 0.3) is 0 Å². The SMILES string of the molecule is CC/C=C/C(=O)Cc1ccc(Br)cc1F. The van der Waals surface area contributed by atoms with Crippen molar-refractivity contribution in [1.82, 2.24) is 0 Å². The highest BCUT2D eigenvalue weighted by Gasteiger charge is 2.05. The average Bonchev–Trinajstić information content (AvgIpc) is 2.19. The number of rotatable bonds is 4. The number of benzene rings is 1. The van der Waals surface area contributed by atoms with Crippen LogP contribution in [0.1, 0.15) is 18.9 Å². The molecular weight excluding hydrogens is 259 g/mol. The quantitative estimate of drug-likeness (QED) is 0.764. The maximum absolute atomic E-state index is 13.3. The molecule has 15 heavy (non-hydrogen) atoms. The fraction of sp³-hybridized carbons (Fsp3) is 0.250. The summed E-state index contributed by atoms with van der Waals surface area (Å²) >= 11 is 3.17. The van der Waals surface area contributed by atoms with Gasteiger partial charge < -0.3 is 0 Å². The molecule has 1 aromatic rings. The van der Waals surface area contributed by atoms with E-state index in [1.807, 2.05) is 6.92 Å². The van der Waals surface area contributed by atoms with Gasteiger partial charge in [-0.05, 0) is 30.2 Å². The van der Waals surface area contributed by atoms with Crippen molar-refractivity contribution >= 4 is 21.7 Å². The van der Waals surface area contributed by atoms with Gasteiger partial charge in [0.1, 0.15) is 5.82 Å². The van der Waals surface area contributed by atoms with Crippen LogP contribution in [0.5, 0.6) is 0 Å². The molecule has 0 unspecified atom stereocenters. The Morgan fingerprint density at radius 3 is 2.87 bits per heavy atom. The third-order valence-corrected chi connectivity index (χ3v) is 2.41. The summed E-state index contributed by atoms with van der Waals surface area (Å²) in [6.45, 7) is 1.95. The molecule has 0 bridgehead atoms. The van der Waals surface area contributed by atoms with Crippen molar-refractivity contribution in [2.75, 3.05) is 0 Å². The zero-order valence-electron chi connectivity index (χ0n) is 8.47. The molecule has 0 heterocycles. The summed E-state index contributed by atoms with van der Waals surface area (Å²) in [5.41, 5.74) is 0.434.